The number of rotatable bonds is 3. The van der Waals surface area contributed by atoms with Crippen molar-refractivity contribution >= 4 is 11.6 Å². The molecule has 2 aliphatic heterocycles. The quantitative estimate of drug-likeness (QED) is 0.829. The van der Waals surface area contributed by atoms with Crippen LogP contribution in [0.3, 0.4) is 0 Å². The first-order valence-electron chi connectivity index (χ1n) is 8.67. The molecule has 2 saturated heterocycles. The normalized spacial score (nSPS) is 20.9. The molecule has 2 fully saturated rings. The monoisotopic (exact) mass is 342 g/mol. The van der Waals surface area contributed by atoms with Crippen LogP contribution in [-0.4, -0.2) is 63.4 Å². The molecular formula is C17H22N6O2. The Kier molecular flexibility index (Phi) is 4.35. The van der Waals surface area contributed by atoms with E-state index in [1.54, 1.807) is 15.8 Å². The van der Waals surface area contributed by atoms with Gasteiger partial charge in [-0.1, -0.05) is 0 Å². The summed E-state index contributed by atoms with van der Waals surface area (Å²) in [5, 5.41) is 4.11. The van der Waals surface area contributed by atoms with Crippen LogP contribution in [-0.2, 0) is 11.8 Å². The van der Waals surface area contributed by atoms with Crippen LogP contribution < -0.4 is 4.90 Å². The zero-order chi connectivity index (χ0) is 17.2. The van der Waals surface area contributed by atoms with Gasteiger partial charge in [-0.3, -0.25) is 14.5 Å². The molecule has 0 spiro atoms. The average Bonchev–Trinajstić information content (AvgIpc) is 3.33. The van der Waals surface area contributed by atoms with E-state index in [9.17, 15) is 4.79 Å². The van der Waals surface area contributed by atoms with Crippen molar-refractivity contribution in [1.82, 2.24) is 24.6 Å². The van der Waals surface area contributed by atoms with E-state index in [-0.39, 0.29) is 11.9 Å². The number of aromatic nitrogens is 4. The molecular weight excluding hydrogens is 320 g/mol. The van der Waals surface area contributed by atoms with Crippen LogP contribution >= 0.6 is 0 Å². The van der Waals surface area contributed by atoms with Gasteiger partial charge in [0.05, 0.1) is 13.2 Å². The van der Waals surface area contributed by atoms with Crippen LogP contribution in [0.15, 0.2) is 24.7 Å². The summed E-state index contributed by atoms with van der Waals surface area (Å²) in [6, 6.07) is 3.63. The number of hydrogen-bond acceptors (Lipinski definition) is 6. The second-order valence-corrected chi connectivity index (χ2v) is 6.42. The van der Waals surface area contributed by atoms with Crippen LogP contribution in [0.4, 0.5) is 5.69 Å². The van der Waals surface area contributed by atoms with Gasteiger partial charge >= 0.3 is 0 Å². The highest BCUT2D eigenvalue weighted by Gasteiger charge is 2.33. The van der Waals surface area contributed by atoms with E-state index in [0.29, 0.717) is 25.5 Å². The Bertz CT molecular complexity index is 755. The molecule has 0 saturated carbocycles. The SMILES string of the molecule is Cn1ncnc1C1COCCN1C(=O)c1cc(N2CCCC2)ccn1. The number of carbonyl (C=O) groups excluding carboxylic acids is 1. The molecule has 8 heteroatoms. The van der Waals surface area contributed by atoms with Gasteiger partial charge in [0, 0.05) is 38.6 Å². The fourth-order valence-corrected chi connectivity index (χ4v) is 3.52. The molecule has 0 bridgehead atoms. The van der Waals surface area contributed by atoms with Crippen LogP contribution in [0.2, 0.25) is 0 Å². The average molecular weight is 342 g/mol. The third kappa shape index (κ3) is 3.09. The van der Waals surface area contributed by atoms with E-state index in [0.717, 1.165) is 24.6 Å². The Labute approximate surface area is 146 Å². The second kappa shape index (κ2) is 6.79. The number of morpholine rings is 1. The van der Waals surface area contributed by atoms with Crippen molar-refractivity contribution in [3.05, 3.63) is 36.2 Å². The molecule has 1 atom stereocenters. The van der Waals surface area contributed by atoms with Gasteiger partial charge in [0.1, 0.15) is 18.1 Å². The molecule has 4 rings (SSSR count). The summed E-state index contributed by atoms with van der Waals surface area (Å²) in [5.41, 5.74) is 1.54. The molecule has 4 heterocycles. The maximum atomic E-state index is 13.1. The van der Waals surface area contributed by atoms with E-state index in [2.05, 4.69) is 20.0 Å². The van der Waals surface area contributed by atoms with Crippen molar-refractivity contribution in [1.29, 1.82) is 0 Å². The van der Waals surface area contributed by atoms with Gasteiger partial charge in [-0.05, 0) is 25.0 Å². The van der Waals surface area contributed by atoms with Crippen molar-refractivity contribution in [2.75, 3.05) is 37.7 Å². The van der Waals surface area contributed by atoms with Crippen molar-refractivity contribution in [3.8, 4) is 0 Å². The number of pyridine rings is 1. The summed E-state index contributed by atoms with van der Waals surface area (Å²) in [4.78, 5) is 25.8. The fourth-order valence-electron chi connectivity index (χ4n) is 3.52. The maximum absolute atomic E-state index is 13.1. The molecule has 2 aliphatic rings. The van der Waals surface area contributed by atoms with Crippen LogP contribution in [0.25, 0.3) is 0 Å². The number of hydrogen-bond donors (Lipinski definition) is 0. The van der Waals surface area contributed by atoms with Crippen molar-refractivity contribution < 1.29 is 9.53 Å². The van der Waals surface area contributed by atoms with Gasteiger partial charge < -0.3 is 14.5 Å². The highest BCUT2D eigenvalue weighted by molar-refractivity contribution is 5.93. The lowest BCUT2D eigenvalue weighted by atomic mass is 10.1. The second-order valence-electron chi connectivity index (χ2n) is 6.42. The van der Waals surface area contributed by atoms with Gasteiger partial charge in [0.2, 0.25) is 0 Å². The Hall–Kier alpha value is -2.48. The molecule has 132 valence electrons. The largest absolute Gasteiger partial charge is 0.377 e. The molecule has 2 aromatic rings. The van der Waals surface area contributed by atoms with E-state index in [4.69, 9.17) is 4.74 Å². The van der Waals surface area contributed by atoms with Gasteiger partial charge in [-0.2, -0.15) is 5.10 Å². The lowest BCUT2D eigenvalue weighted by molar-refractivity contribution is -0.00648. The highest BCUT2D eigenvalue weighted by atomic mass is 16.5. The molecule has 25 heavy (non-hydrogen) atoms. The number of ether oxygens (including phenoxy) is 1. The minimum atomic E-state index is -0.244. The minimum absolute atomic E-state index is 0.0858. The number of anilines is 1. The summed E-state index contributed by atoms with van der Waals surface area (Å²) < 4.78 is 7.27. The third-order valence-electron chi connectivity index (χ3n) is 4.87. The van der Waals surface area contributed by atoms with Crippen molar-refractivity contribution in [2.24, 2.45) is 7.05 Å². The lowest BCUT2D eigenvalue weighted by Gasteiger charge is -2.34. The predicted octanol–water partition coefficient (Wildman–Crippen LogP) is 1.02. The highest BCUT2D eigenvalue weighted by Crippen LogP contribution is 2.25. The van der Waals surface area contributed by atoms with Gasteiger partial charge in [0.15, 0.2) is 5.82 Å². The molecule has 2 aromatic heterocycles. The van der Waals surface area contributed by atoms with Gasteiger partial charge in [-0.25, -0.2) is 4.98 Å². The number of carbonyl (C=O) groups is 1. The van der Waals surface area contributed by atoms with Crippen LogP contribution in [0.5, 0.6) is 0 Å². The summed E-state index contributed by atoms with van der Waals surface area (Å²) in [6.45, 7) is 3.54. The Morgan fingerprint density at radius 3 is 2.84 bits per heavy atom. The molecule has 1 amide bonds. The van der Waals surface area contributed by atoms with E-state index >= 15 is 0 Å². The molecule has 0 N–H and O–H groups in total. The predicted molar refractivity (Wildman–Crippen MR) is 91.3 cm³/mol. The lowest BCUT2D eigenvalue weighted by Crippen LogP contribution is -2.44. The first kappa shape index (κ1) is 16.0. The zero-order valence-electron chi connectivity index (χ0n) is 14.3. The summed E-state index contributed by atoms with van der Waals surface area (Å²) in [6.07, 6.45) is 5.62. The first-order chi connectivity index (χ1) is 12.2. The smallest absolute Gasteiger partial charge is 0.273 e. The fraction of sp³-hybridized carbons (Fsp3) is 0.529. The Morgan fingerprint density at radius 1 is 1.24 bits per heavy atom. The molecule has 8 nitrogen and oxygen atoms in total. The molecule has 0 aliphatic carbocycles. The topological polar surface area (TPSA) is 76.4 Å². The third-order valence-corrected chi connectivity index (χ3v) is 4.87. The van der Waals surface area contributed by atoms with E-state index < -0.39 is 0 Å². The first-order valence-corrected chi connectivity index (χ1v) is 8.67. The van der Waals surface area contributed by atoms with E-state index in [1.165, 1.54) is 19.2 Å². The molecule has 1 unspecified atom stereocenters. The van der Waals surface area contributed by atoms with Crippen molar-refractivity contribution in [2.45, 2.75) is 18.9 Å². The summed E-state index contributed by atoms with van der Waals surface area (Å²) in [7, 11) is 1.83. The number of amides is 1. The molecule has 0 aromatic carbocycles. The Morgan fingerprint density at radius 2 is 2.08 bits per heavy atom. The van der Waals surface area contributed by atoms with Gasteiger partial charge in [-0.15, -0.1) is 0 Å². The summed E-state index contributed by atoms with van der Waals surface area (Å²) >= 11 is 0. The van der Waals surface area contributed by atoms with E-state index in [1.807, 2.05) is 19.2 Å². The van der Waals surface area contributed by atoms with Gasteiger partial charge in [0.25, 0.3) is 5.91 Å². The van der Waals surface area contributed by atoms with Crippen molar-refractivity contribution in [3.63, 3.8) is 0 Å². The number of nitrogens with zero attached hydrogens (tertiary/aromatic N) is 6. The minimum Gasteiger partial charge on any atom is -0.377 e. The summed E-state index contributed by atoms with van der Waals surface area (Å²) in [5.74, 6) is 0.640. The number of aryl methyl sites for hydroxylation is 1. The standard InChI is InChI=1S/C17H22N6O2/c1-21-16(19-12-20-21)15-11-25-9-8-23(15)17(24)14-10-13(4-5-18-14)22-6-2-3-7-22/h4-5,10,12,15H,2-3,6-9,11H2,1H3. The Balaban J connectivity index is 1.60. The maximum Gasteiger partial charge on any atom is 0.273 e. The molecule has 0 radical (unpaired) electrons. The van der Waals surface area contributed by atoms with Crippen LogP contribution in [0.1, 0.15) is 35.2 Å². The zero-order valence-corrected chi connectivity index (χ0v) is 14.3. The van der Waals surface area contributed by atoms with Crippen LogP contribution in [0, 0.1) is 0 Å².